The van der Waals surface area contributed by atoms with Crippen LogP contribution in [0.5, 0.6) is 0 Å². The summed E-state index contributed by atoms with van der Waals surface area (Å²) in [5.41, 5.74) is 2.51. The van der Waals surface area contributed by atoms with Gasteiger partial charge in [0.05, 0.1) is 31.3 Å². The van der Waals surface area contributed by atoms with E-state index in [1.165, 1.54) is 6.07 Å². The third-order valence-electron chi connectivity index (χ3n) is 3.63. The van der Waals surface area contributed by atoms with E-state index in [0.717, 1.165) is 11.1 Å². The van der Waals surface area contributed by atoms with E-state index in [-0.39, 0.29) is 4.90 Å². The van der Waals surface area contributed by atoms with E-state index in [9.17, 15) is 13.0 Å². The first-order valence-electron chi connectivity index (χ1n) is 7.74. The lowest BCUT2D eigenvalue weighted by Crippen LogP contribution is -2.10. The number of benzene rings is 2. The maximum Gasteiger partial charge on any atom is 0.294 e. The molecule has 0 aromatic heterocycles. The highest BCUT2D eigenvalue weighted by molar-refractivity contribution is 7.85. The largest absolute Gasteiger partial charge is 0.379 e. The molecule has 0 spiro atoms. The standard InChI is InChI=1S/C18H22O5S/c1-15-6-5-9-18(24(19,20)21)17(15)10-11-22-12-13-23-14-16-7-3-2-4-8-16/h2-9H,10-14H2,1H3,(H,19,20,21). The zero-order chi connectivity index (χ0) is 17.4. The topological polar surface area (TPSA) is 72.8 Å². The molecule has 0 atom stereocenters. The lowest BCUT2D eigenvalue weighted by atomic mass is 10.1. The molecule has 24 heavy (non-hydrogen) atoms. The van der Waals surface area contributed by atoms with E-state index in [2.05, 4.69) is 0 Å². The predicted molar refractivity (Wildman–Crippen MR) is 91.6 cm³/mol. The summed E-state index contributed by atoms with van der Waals surface area (Å²) in [5, 5.41) is 0. The molecule has 1 N–H and O–H groups in total. The molecule has 0 aliphatic carbocycles. The monoisotopic (exact) mass is 350 g/mol. The van der Waals surface area contributed by atoms with E-state index in [1.54, 1.807) is 6.07 Å². The first-order valence-corrected chi connectivity index (χ1v) is 9.18. The Morgan fingerprint density at radius 3 is 2.33 bits per heavy atom. The zero-order valence-corrected chi connectivity index (χ0v) is 14.5. The van der Waals surface area contributed by atoms with Crippen LogP contribution in [0.4, 0.5) is 0 Å². The van der Waals surface area contributed by atoms with Crippen LogP contribution in [0.25, 0.3) is 0 Å². The number of ether oxygens (including phenoxy) is 2. The highest BCUT2D eigenvalue weighted by atomic mass is 32.2. The fraction of sp³-hybridized carbons (Fsp3) is 0.333. The third-order valence-corrected chi connectivity index (χ3v) is 4.56. The normalized spacial score (nSPS) is 11.6. The summed E-state index contributed by atoms with van der Waals surface area (Å²) in [7, 11) is -4.22. The summed E-state index contributed by atoms with van der Waals surface area (Å²) in [6, 6.07) is 14.7. The Kier molecular flexibility index (Phi) is 6.93. The first-order chi connectivity index (χ1) is 11.5. The molecule has 2 rings (SSSR count). The summed E-state index contributed by atoms with van der Waals surface area (Å²) in [5.74, 6) is 0. The van der Waals surface area contributed by atoms with Gasteiger partial charge in [-0.1, -0.05) is 42.5 Å². The van der Waals surface area contributed by atoms with E-state index in [1.807, 2.05) is 43.3 Å². The van der Waals surface area contributed by atoms with Crippen molar-refractivity contribution in [2.45, 2.75) is 24.8 Å². The van der Waals surface area contributed by atoms with Crippen molar-refractivity contribution < 1.29 is 22.4 Å². The van der Waals surface area contributed by atoms with Gasteiger partial charge >= 0.3 is 0 Å². The molecule has 0 saturated carbocycles. The van der Waals surface area contributed by atoms with Gasteiger partial charge < -0.3 is 9.47 Å². The fourth-order valence-electron chi connectivity index (χ4n) is 2.40. The van der Waals surface area contributed by atoms with Crippen molar-refractivity contribution in [2.24, 2.45) is 0 Å². The summed E-state index contributed by atoms with van der Waals surface area (Å²) >= 11 is 0. The average molecular weight is 350 g/mol. The van der Waals surface area contributed by atoms with Crippen molar-refractivity contribution >= 4 is 10.1 Å². The van der Waals surface area contributed by atoms with Crippen LogP contribution in [-0.2, 0) is 32.6 Å². The van der Waals surface area contributed by atoms with Crippen LogP contribution in [0.15, 0.2) is 53.4 Å². The molecular weight excluding hydrogens is 328 g/mol. The maximum absolute atomic E-state index is 11.4. The molecule has 0 saturated heterocycles. The highest BCUT2D eigenvalue weighted by Gasteiger charge is 2.16. The van der Waals surface area contributed by atoms with Gasteiger partial charge in [0, 0.05) is 0 Å². The minimum Gasteiger partial charge on any atom is -0.379 e. The molecule has 2 aromatic carbocycles. The van der Waals surface area contributed by atoms with E-state index < -0.39 is 10.1 Å². The van der Waals surface area contributed by atoms with Crippen LogP contribution in [-0.4, -0.2) is 32.8 Å². The predicted octanol–water partition coefficient (Wildman–Crippen LogP) is 3.02. The van der Waals surface area contributed by atoms with Gasteiger partial charge in [0.1, 0.15) is 0 Å². The second-order valence-corrected chi connectivity index (χ2v) is 6.82. The van der Waals surface area contributed by atoms with Crippen molar-refractivity contribution in [3.63, 3.8) is 0 Å². The van der Waals surface area contributed by atoms with Gasteiger partial charge in [0.2, 0.25) is 0 Å². The Balaban J connectivity index is 1.73. The van der Waals surface area contributed by atoms with Crippen molar-refractivity contribution in [2.75, 3.05) is 19.8 Å². The highest BCUT2D eigenvalue weighted by Crippen LogP contribution is 2.19. The Morgan fingerprint density at radius 2 is 1.62 bits per heavy atom. The van der Waals surface area contributed by atoms with Gasteiger partial charge in [0.15, 0.2) is 0 Å². The third kappa shape index (κ3) is 5.72. The molecule has 130 valence electrons. The van der Waals surface area contributed by atoms with E-state index in [0.29, 0.717) is 38.4 Å². The molecule has 0 amide bonds. The summed E-state index contributed by atoms with van der Waals surface area (Å²) in [6.45, 7) is 3.61. The van der Waals surface area contributed by atoms with Crippen LogP contribution >= 0.6 is 0 Å². The molecule has 0 aliphatic rings. The average Bonchev–Trinajstić information content (AvgIpc) is 2.55. The Labute approximate surface area is 143 Å². The summed E-state index contributed by atoms with van der Waals surface area (Å²) in [6.07, 6.45) is 0.417. The maximum atomic E-state index is 11.4. The smallest absolute Gasteiger partial charge is 0.294 e. The fourth-order valence-corrected chi connectivity index (χ4v) is 3.22. The first kappa shape index (κ1) is 18.6. The quantitative estimate of drug-likeness (QED) is 0.556. The second kappa shape index (κ2) is 8.94. The van der Waals surface area contributed by atoms with Gasteiger partial charge in [-0.05, 0) is 36.1 Å². The molecule has 0 bridgehead atoms. The van der Waals surface area contributed by atoms with Crippen LogP contribution in [0.1, 0.15) is 16.7 Å². The Morgan fingerprint density at radius 1 is 0.917 bits per heavy atom. The van der Waals surface area contributed by atoms with Gasteiger partial charge in [-0.15, -0.1) is 0 Å². The van der Waals surface area contributed by atoms with Crippen molar-refractivity contribution in [1.82, 2.24) is 0 Å². The minimum absolute atomic E-state index is 0.0496. The SMILES string of the molecule is Cc1cccc(S(=O)(=O)O)c1CCOCCOCc1ccccc1. The van der Waals surface area contributed by atoms with Gasteiger partial charge in [-0.3, -0.25) is 4.55 Å². The van der Waals surface area contributed by atoms with Crippen molar-refractivity contribution in [3.05, 3.63) is 65.2 Å². The van der Waals surface area contributed by atoms with Crippen LogP contribution in [0, 0.1) is 6.92 Å². The molecular formula is C18H22O5S. The molecule has 0 heterocycles. The second-order valence-electron chi connectivity index (χ2n) is 5.43. The molecule has 0 radical (unpaired) electrons. The molecule has 0 aliphatic heterocycles. The molecule has 5 nitrogen and oxygen atoms in total. The number of rotatable bonds is 9. The lowest BCUT2D eigenvalue weighted by molar-refractivity contribution is 0.0415. The Bertz CT molecular complexity index is 741. The summed E-state index contributed by atoms with van der Waals surface area (Å²) in [4.78, 5) is -0.0496. The molecule has 0 unspecified atom stereocenters. The Hall–Kier alpha value is -1.73. The van der Waals surface area contributed by atoms with Crippen LogP contribution in [0.2, 0.25) is 0 Å². The van der Waals surface area contributed by atoms with Crippen LogP contribution in [0.3, 0.4) is 0 Å². The number of hydrogen-bond donors (Lipinski definition) is 1. The molecule has 2 aromatic rings. The molecule has 6 heteroatoms. The summed E-state index contributed by atoms with van der Waals surface area (Å²) < 4.78 is 43.1. The number of aryl methyl sites for hydroxylation is 1. The zero-order valence-electron chi connectivity index (χ0n) is 13.6. The number of hydrogen-bond acceptors (Lipinski definition) is 4. The van der Waals surface area contributed by atoms with Crippen molar-refractivity contribution in [3.8, 4) is 0 Å². The van der Waals surface area contributed by atoms with Gasteiger partial charge in [-0.25, -0.2) is 0 Å². The van der Waals surface area contributed by atoms with Crippen LogP contribution < -0.4 is 0 Å². The van der Waals surface area contributed by atoms with Gasteiger partial charge in [0.25, 0.3) is 10.1 Å². The van der Waals surface area contributed by atoms with Gasteiger partial charge in [-0.2, -0.15) is 8.42 Å². The van der Waals surface area contributed by atoms with E-state index in [4.69, 9.17) is 9.47 Å². The molecule has 0 fully saturated rings. The minimum atomic E-state index is -4.22. The van der Waals surface area contributed by atoms with E-state index >= 15 is 0 Å². The van der Waals surface area contributed by atoms with Crippen molar-refractivity contribution in [1.29, 1.82) is 0 Å². The lowest BCUT2D eigenvalue weighted by Gasteiger charge is -2.11.